The number of hydrogen-bond acceptors (Lipinski definition) is 3. The van der Waals surface area contributed by atoms with Gasteiger partial charge in [-0.05, 0) is 30.3 Å². The van der Waals surface area contributed by atoms with Gasteiger partial charge >= 0.3 is 6.18 Å². The highest BCUT2D eigenvalue weighted by atomic mass is 35.5. The van der Waals surface area contributed by atoms with Crippen molar-refractivity contribution in [2.24, 2.45) is 0 Å². The predicted octanol–water partition coefficient (Wildman–Crippen LogP) is 4.38. The summed E-state index contributed by atoms with van der Waals surface area (Å²) in [7, 11) is 1.48. The number of benzene rings is 2. The van der Waals surface area contributed by atoms with Crippen LogP contribution in [0.1, 0.15) is 5.56 Å². The topological polar surface area (TPSA) is 47.6 Å². The third-order valence-corrected chi connectivity index (χ3v) is 3.21. The van der Waals surface area contributed by atoms with Crippen molar-refractivity contribution < 1.29 is 27.4 Å². The minimum absolute atomic E-state index is 0.0760. The van der Waals surface area contributed by atoms with E-state index in [1.807, 2.05) is 0 Å². The molecule has 0 aliphatic carbocycles. The Morgan fingerprint density at radius 2 is 1.88 bits per heavy atom. The number of hydrogen-bond donors (Lipinski definition) is 1. The first-order valence-corrected chi connectivity index (χ1v) is 7.11. The van der Waals surface area contributed by atoms with Crippen molar-refractivity contribution in [3.8, 4) is 11.5 Å². The van der Waals surface area contributed by atoms with Crippen LogP contribution in [0.15, 0.2) is 42.5 Å². The average molecular weight is 360 g/mol. The van der Waals surface area contributed by atoms with Gasteiger partial charge in [0.05, 0.1) is 18.4 Å². The molecule has 128 valence electrons. The predicted molar refractivity (Wildman–Crippen MR) is 83.6 cm³/mol. The van der Waals surface area contributed by atoms with Crippen LogP contribution in [0, 0.1) is 0 Å². The van der Waals surface area contributed by atoms with Gasteiger partial charge < -0.3 is 14.8 Å². The first-order chi connectivity index (χ1) is 11.3. The number of rotatable bonds is 5. The van der Waals surface area contributed by atoms with Gasteiger partial charge in [-0.1, -0.05) is 17.7 Å². The number of carbonyl (C=O) groups is 1. The van der Waals surface area contributed by atoms with Crippen LogP contribution in [0.4, 0.5) is 18.9 Å². The molecular formula is C16H13ClF3NO3. The van der Waals surface area contributed by atoms with Crippen molar-refractivity contribution in [1.82, 2.24) is 0 Å². The lowest BCUT2D eigenvalue weighted by atomic mass is 10.1. The van der Waals surface area contributed by atoms with E-state index in [4.69, 9.17) is 21.1 Å². The van der Waals surface area contributed by atoms with Gasteiger partial charge in [-0.3, -0.25) is 4.79 Å². The van der Waals surface area contributed by atoms with Crippen LogP contribution in [0.5, 0.6) is 11.5 Å². The quantitative estimate of drug-likeness (QED) is 0.861. The molecule has 0 fully saturated rings. The normalized spacial score (nSPS) is 11.0. The molecule has 2 aromatic rings. The largest absolute Gasteiger partial charge is 0.497 e. The van der Waals surface area contributed by atoms with Gasteiger partial charge in [0.1, 0.15) is 11.5 Å². The Hall–Kier alpha value is -2.41. The highest BCUT2D eigenvalue weighted by molar-refractivity contribution is 6.30. The van der Waals surface area contributed by atoms with Crippen LogP contribution in [0.25, 0.3) is 0 Å². The Bertz CT molecular complexity index is 735. The summed E-state index contributed by atoms with van der Waals surface area (Å²) in [6.45, 7) is -0.451. The third kappa shape index (κ3) is 4.79. The number of halogens is 4. The smallest absolute Gasteiger partial charge is 0.418 e. The molecule has 0 aliphatic rings. The maximum absolute atomic E-state index is 13.0. The maximum Gasteiger partial charge on any atom is 0.418 e. The molecular weight excluding hydrogens is 347 g/mol. The van der Waals surface area contributed by atoms with Gasteiger partial charge in [-0.2, -0.15) is 13.2 Å². The second-order valence-corrected chi connectivity index (χ2v) is 5.14. The van der Waals surface area contributed by atoms with Crippen LogP contribution in [-0.2, 0) is 11.0 Å². The van der Waals surface area contributed by atoms with Crippen LogP contribution in [-0.4, -0.2) is 19.6 Å². The maximum atomic E-state index is 13.0. The standard InChI is InChI=1S/C16H13ClF3NO3/c1-23-11-3-2-4-12(8-11)24-9-15(22)21-14-6-5-10(17)7-13(14)16(18,19)20/h2-8H,9H2,1H3,(H,21,22). The summed E-state index contributed by atoms with van der Waals surface area (Å²) >= 11 is 5.58. The molecule has 2 rings (SSSR count). The number of ether oxygens (including phenoxy) is 2. The van der Waals surface area contributed by atoms with E-state index >= 15 is 0 Å². The molecule has 1 amide bonds. The Morgan fingerprint density at radius 1 is 1.17 bits per heavy atom. The summed E-state index contributed by atoms with van der Waals surface area (Å²) in [6, 6.07) is 9.60. The third-order valence-electron chi connectivity index (χ3n) is 2.97. The second-order valence-electron chi connectivity index (χ2n) is 4.70. The molecule has 8 heteroatoms. The molecule has 0 spiro atoms. The molecule has 0 radical (unpaired) electrons. The zero-order valence-electron chi connectivity index (χ0n) is 12.5. The molecule has 0 saturated carbocycles. The Kier molecular flexibility index (Phi) is 5.56. The molecule has 0 aromatic heterocycles. The average Bonchev–Trinajstić information content (AvgIpc) is 2.54. The monoisotopic (exact) mass is 359 g/mol. The molecule has 0 atom stereocenters. The van der Waals surface area contributed by atoms with Crippen LogP contribution in [0.3, 0.4) is 0 Å². The molecule has 0 heterocycles. The fourth-order valence-electron chi connectivity index (χ4n) is 1.89. The number of nitrogens with one attached hydrogen (secondary N) is 1. The van der Waals surface area contributed by atoms with Crippen molar-refractivity contribution in [2.45, 2.75) is 6.18 Å². The van der Waals surface area contributed by atoms with Gasteiger partial charge in [0.25, 0.3) is 5.91 Å². The number of amides is 1. The fraction of sp³-hybridized carbons (Fsp3) is 0.188. The molecule has 0 saturated heterocycles. The van der Waals surface area contributed by atoms with E-state index in [2.05, 4.69) is 5.32 Å². The summed E-state index contributed by atoms with van der Waals surface area (Å²) in [6.07, 6.45) is -4.64. The van der Waals surface area contributed by atoms with Crippen LogP contribution < -0.4 is 14.8 Å². The molecule has 0 aliphatic heterocycles. The second kappa shape index (κ2) is 7.44. The van der Waals surface area contributed by atoms with E-state index in [0.29, 0.717) is 11.5 Å². The Morgan fingerprint density at radius 3 is 2.54 bits per heavy atom. The molecule has 4 nitrogen and oxygen atoms in total. The van der Waals surface area contributed by atoms with Crippen LogP contribution in [0.2, 0.25) is 5.02 Å². The zero-order valence-corrected chi connectivity index (χ0v) is 13.2. The minimum atomic E-state index is -4.64. The van der Waals surface area contributed by atoms with Crippen molar-refractivity contribution in [2.75, 3.05) is 19.0 Å². The summed E-state index contributed by atoms with van der Waals surface area (Å²) in [5.74, 6) is 0.160. The highest BCUT2D eigenvalue weighted by Crippen LogP contribution is 2.36. The number of alkyl halides is 3. The van der Waals surface area contributed by atoms with E-state index in [1.165, 1.54) is 13.2 Å². The SMILES string of the molecule is COc1cccc(OCC(=O)Nc2ccc(Cl)cc2C(F)(F)F)c1. The number of anilines is 1. The van der Waals surface area contributed by atoms with Gasteiger partial charge in [-0.25, -0.2) is 0 Å². The molecule has 0 bridgehead atoms. The van der Waals surface area contributed by atoms with Crippen molar-refractivity contribution in [3.05, 3.63) is 53.1 Å². The van der Waals surface area contributed by atoms with E-state index in [1.54, 1.807) is 24.3 Å². The minimum Gasteiger partial charge on any atom is -0.497 e. The van der Waals surface area contributed by atoms with Crippen molar-refractivity contribution in [1.29, 1.82) is 0 Å². The van der Waals surface area contributed by atoms with Crippen LogP contribution >= 0.6 is 11.6 Å². The summed E-state index contributed by atoms with van der Waals surface area (Å²) in [5.41, 5.74) is -1.41. The lowest BCUT2D eigenvalue weighted by Crippen LogP contribution is -2.22. The van der Waals surface area contributed by atoms with Gasteiger partial charge in [0.2, 0.25) is 0 Å². The lowest BCUT2D eigenvalue weighted by molar-refractivity contribution is -0.137. The summed E-state index contributed by atoms with van der Waals surface area (Å²) < 4.78 is 49.1. The van der Waals surface area contributed by atoms with E-state index in [0.717, 1.165) is 12.1 Å². The highest BCUT2D eigenvalue weighted by Gasteiger charge is 2.34. The summed E-state index contributed by atoms with van der Waals surface area (Å²) in [4.78, 5) is 11.8. The van der Waals surface area contributed by atoms with E-state index < -0.39 is 24.3 Å². The van der Waals surface area contributed by atoms with Crippen molar-refractivity contribution >= 4 is 23.2 Å². The van der Waals surface area contributed by atoms with Gasteiger partial charge in [0.15, 0.2) is 6.61 Å². The zero-order chi connectivity index (χ0) is 17.7. The molecule has 0 unspecified atom stereocenters. The van der Waals surface area contributed by atoms with Crippen molar-refractivity contribution in [3.63, 3.8) is 0 Å². The first kappa shape index (κ1) is 17.9. The number of methoxy groups -OCH3 is 1. The summed E-state index contributed by atoms with van der Waals surface area (Å²) in [5, 5.41) is 2.09. The molecule has 2 aromatic carbocycles. The molecule has 24 heavy (non-hydrogen) atoms. The Balaban J connectivity index is 2.05. The molecule has 1 N–H and O–H groups in total. The number of carbonyl (C=O) groups excluding carboxylic acids is 1. The van der Waals surface area contributed by atoms with E-state index in [9.17, 15) is 18.0 Å². The fourth-order valence-corrected chi connectivity index (χ4v) is 2.06. The van der Waals surface area contributed by atoms with Gasteiger partial charge in [-0.15, -0.1) is 0 Å². The lowest BCUT2D eigenvalue weighted by Gasteiger charge is -2.14. The Labute approximate surface area is 141 Å². The van der Waals surface area contributed by atoms with Gasteiger partial charge in [0, 0.05) is 11.1 Å². The van der Waals surface area contributed by atoms with E-state index in [-0.39, 0.29) is 10.7 Å². The first-order valence-electron chi connectivity index (χ1n) is 6.73.